The molecule has 0 aromatic heterocycles. The van der Waals surface area contributed by atoms with E-state index >= 15 is 0 Å². The molecular weight excluding hydrogens is 171 g/mol. The molecule has 1 saturated heterocycles. The van der Waals surface area contributed by atoms with Crippen LogP contribution >= 0.6 is 0 Å². The van der Waals surface area contributed by atoms with Crippen LogP contribution in [0.1, 0.15) is 0 Å². The van der Waals surface area contributed by atoms with Gasteiger partial charge in [0.25, 0.3) is 0 Å². The van der Waals surface area contributed by atoms with Crippen molar-refractivity contribution in [3.8, 4) is 0 Å². The second-order valence-electron chi connectivity index (χ2n) is 2.69. The van der Waals surface area contributed by atoms with Gasteiger partial charge in [-0.3, -0.25) is 0 Å². The maximum atomic E-state index is 12.0. The minimum Gasteiger partial charge on any atom is -0.387 e. The summed E-state index contributed by atoms with van der Waals surface area (Å²) in [6, 6.07) is 0. The average Bonchev–Trinajstić information content (AvgIpc) is 2.08. The lowest BCUT2D eigenvalue weighted by Crippen LogP contribution is -2.58. The number of alkyl halides is 1. The molecule has 12 heavy (non-hydrogen) atoms. The van der Waals surface area contributed by atoms with Gasteiger partial charge in [-0.2, -0.15) is 0 Å². The third-order valence-electron chi connectivity index (χ3n) is 1.84. The standard InChI is InChI=1S/C6H11FO5/c7-1-2-3(8)4(9)5(10)6(11)12-2/h2-6,8-11H,1H2/t2-,3+,4+,5+,6-/m0/s1. The molecule has 0 aromatic carbocycles. The second-order valence-corrected chi connectivity index (χ2v) is 2.69. The van der Waals surface area contributed by atoms with Gasteiger partial charge in [0.2, 0.25) is 0 Å². The predicted octanol–water partition coefficient (Wildman–Crippen LogP) is -2.24. The summed E-state index contributed by atoms with van der Waals surface area (Å²) in [6.07, 6.45) is -7.60. The Bertz CT molecular complexity index is 150. The molecule has 0 spiro atoms. The monoisotopic (exact) mass is 182 g/mol. The average molecular weight is 182 g/mol. The molecule has 4 N–H and O–H groups in total. The van der Waals surface area contributed by atoms with E-state index in [1.165, 1.54) is 0 Å². The molecule has 72 valence electrons. The van der Waals surface area contributed by atoms with Crippen molar-refractivity contribution in [2.75, 3.05) is 6.67 Å². The molecule has 0 radical (unpaired) electrons. The smallest absolute Gasteiger partial charge is 0.184 e. The Kier molecular flexibility index (Phi) is 2.97. The molecule has 6 heteroatoms. The molecule has 5 atom stereocenters. The van der Waals surface area contributed by atoms with Crippen LogP contribution < -0.4 is 0 Å². The molecular formula is C6H11FO5. The lowest BCUT2D eigenvalue weighted by Gasteiger charge is -2.37. The van der Waals surface area contributed by atoms with Crippen molar-refractivity contribution >= 4 is 0 Å². The lowest BCUT2D eigenvalue weighted by atomic mass is 10.00. The van der Waals surface area contributed by atoms with E-state index in [4.69, 9.17) is 20.4 Å². The minimum atomic E-state index is -1.65. The van der Waals surface area contributed by atoms with Crippen molar-refractivity contribution in [1.82, 2.24) is 0 Å². The Morgan fingerprint density at radius 3 is 2.08 bits per heavy atom. The SMILES string of the molecule is O[C@H]1[C@@H](O)[C@@H](O)O[C@@H](CF)[C@H]1O. The molecule has 1 aliphatic heterocycles. The third-order valence-corrected chi connectivity index (χ3v) is 1.84. The van der Waals surface area contributed by atoms with Gasteiger partial charge in [0.1, 0.15) is 31.1 Å². The first-order chi connectivity index (χ1) is 5.57. The Labute approximate surface area is 68.0 Å². The van der Waals surface area contributed by atoms with E-state index in [-0.39, 0.29) is 0 Å². The highest BCUT2D eigenvalue weighted by atomic mass is 19.1. The molecule has 1 fully saturated rings. The summed E-state index contributed by atoms with van der Waals surface area (Å²) >= 11 is 0. The lowest BCUT2D eigenvalue weighted by molar-refractivity contribution is -0.283. The summed E-state index contributed by atoms with van der Waals surface area (Å²) < 4.78 is 16.5. The zero-order chi connectivity index (χ0) is 9.30. The van der Waals surface area contributed by atoms with Crippen molar-refractivity contribution in [3.63, 3.8) is 0 Å². The van der Waals surface area contributed by atoms with Crippen molar-refractivity contribution in [3.05, 3.63) is 0 Å². The number of hydrogen-bond donors (Lipinski definition) is 4. The van der Waals surface area contributed by atoms with Crippen molar-refractivity contribution in [1.29, 1.82) is 0 Å². The molecule has 0 unspecified atom stereocenters. The molecule has 1 rings (SSSR count). The van der Waals surface area contributed by atoms with Crippen LogP contribution in [0.4, 0.5) is 4.39 Å². The van der Waals surface area contributed by atoms with Gasteiger partial charge in [0.05, 0.1) is 0 Å². The van der Waals surface area contributed by atoms with E-state index < -0.39 is 37.4 Å². The fourth-order valence-corrected chi connectivity index (χ4v) is 1.06. The van der Waals surface area contributed by atoms with Crippen molar-refractivity contribution in [2.45, 2.75) is 30.7 Å². The van der Waals surface area contributed by atoms with Gasteiger partial charge >= 0.3 is 0 Å². The van der Waals surface area contributed by atoms with E-state index in [9.17, 15) is 4.39 Å². The van der Waals surface area contributed by atoms with Gasteiger partial charge < -0.3 is 25.2 Å². The predicted molar refractivity (Wildman–Crippen MR) is 34.9 cm³/mol. The topological polar surface area (TPSA) is 90.2 Å². The summed E-state index contributed by atoms with van der Waals surface area (Å²) in [5, 5.41) is 35.8. The molecule has 0 aromatic rings. The summed E-state index contributed by atoms with van der Waals surface area (Å²) in [5.74, 6) is 0. The summed E-state index contributed by atoms with van der Waals surface area (Å²) in [7, 11) is 0. The number of aliphatic hydroxyl groups is 4. The van der Waals surface area contributed by atoms with Crippen LogP contribution in [0.25, 0.3) is 0 Å². The largest absolute Gasteiger partial charge is 0.387 e. The highest BCUT2D eigenvalue weighted by Crippen LogP contribution is 2.19. The first kappa shape index (κ1) is 9.82. The summed E-state index contributed by atoms with van der Waals surface area (Å²) in [4.78, 5) is 0. The van der Waals surface area contributed by atoms with Gasteiger partial charge in [-0.1, -0.05) is 0 Å². The maximum absolute atomic E-state index is 12.0. The van der Waals surface area contributed by atoms with Crippen LogP contribution in [0.2, 0.25) is 0 Å². The van der Waals surface area contributed by atoms with Gasteiger partial charge in [-0.15, -0.1) is 0 Å². The summed E-state index contributed by atoms with van der Waals surface area (Å²) in [6.45, 7) is -1.03. The number of ether oxygens (including phenoxy) is 1. The molecule has 0 bridgehead atoms. The zero-order valence-corrected chi connectivity index (χ0v) is 6.17. The Morgan fingerprint density at radius 2 is 1.58 bits per heavy atom. The number of halogens is 1. The molecule has 0 saturated carbocycles. The van der Waals surface area contributed by atoms with E-state index in [1.54, 1.807) is 0 Å². The summed E-state index contributed by atoms with van der Waals surface area (Å²) in [5.41, 5.74) is 0. The van der Waals surface area contributed by atoms with E-state index in [2.05, 4.69) is 4.74 Å². The van der Waals surface area contributed by atoms with Crippen LogP contribution in [-0.2, 0) is 4.74 Å². The number of hydrogen-bond acceptors (Lipinski definition) is 5. The zero-order valence-electron chi connectivity index (χ0n) is 6.17. The minimum absolute atomic E-state index is 1.03. The first-order valence-corrected chi connectivity index (χ1v) is 3.51. The van der Waals surface area contributed by atoms with Gasteiger partial charge in [-0.05, 0) is 0 Å². The Morgan fingerprint density at radius 1 is 1.00 bits per heavy atom. The third kappa shape index (κ3) is 1.57. The van der Waals surface area contributed by atoms with Crippen molar-refractivity contribution in [2.24, 2.45) is 0 Å². The molecule has 5 nitrogen and oxygen atoms in total. The van der Waals surface area contributed by atoms with Crippen LogP contribution in [0.5, 0.6) is 0 Å². The van der Waals surface area contributed by atoms with E-state index in [0.717, 1.165) is 0 Å². The molecule has 1 heterocycles. The molecule has 0 aliphatic carbocycles. The van der Waals surface area contributed by atoms with Gasteiger partial charge in [0, 0.05) is 0 Å². The second kappa shape index (κ2) is 3.63. The van der Waals surface area contributed by atoms with Gasteiger partial charge in [0.15, 0.2) is 6.29 Å². The highest BCUT2D eigenvalue weighted by Gasteiger charge is 2.42. The van der Waals surface area contributed by atoms with Crippen LogP contribution in [0.3, 0.4) is 0 Å². The quantitative estimate of drug-likeness (QED) is 0.368. The van der Waals surface area contributed by atoms with E-state index in [1.807, 2.05) is 0 Å². The Hall–Kier alpha value is -0.270. The van der Waals surface area contributed by atoms with E-state index in [0.29, 0.717) is 0 Å². The number of aliphatic hydroxyl groups excluding tert-OH is 4. The fourth-order valence-electron chi connectivity index (χ4n) is 1.06. The normalized spacial score (nSPS) is 49.2. The van der Waals surface area contributed by atoms with Crippen molar-refractivity contribution < 1.29 is 29.6 Å². The fraction of sp³-hybridized carbons (Fsp3) is 1.00. The van der Waals surface area contributed by atoms with Crippen LogP contribution in [-0.4, -0.2) is 57.8 Å². The maximum Gasteiger partial charge on any atom is 0.184 e. The van der Waals surface area contributed by atoms with Gasteiger partial charge in [-0.25, -0.2) is 4.39 Å². The molecule has 1 aliphatic rings. The van der Waals surface area contributed by atoms with Crippen LogP contribution in [0.15, 0.2) is 0 Å². The highest BCUT2D eigenvalue weighted by molar-refractivity contribution is 4.88. The van der Waals surface area contributed by atoms with Crippen LogP contribution in [0, 0.1) is 0 Å². The molecule has 0 amide bonds. The first-order valence-electron chi connectivity index (χ1n) is 3.51. The Balaban J connectivity index is 2.63. The number of rotatable bonds is 1.